The van der Waals surface area contributed by atoms with E-state index in [-0.39, 0.29) is 6.04 Å². The number of rotatable bonds is 8. The molecule has 0 bridgehead atoms. The fourth-order valence-corrected chi connectivity index (χ4v) is 3.65. The van der Waals surface area contributed by atoms with Crippen LogP contribution in [0.25, 0.3) is 0 Å². The Morgan fingerprint density at radius 2 is 2.11 bits per heavy atom. The van der Waals surface area contributed by atoms with Gasteiger partial charge in [-0.15, -0.1) is 0 Å². The molecule has 6 nitrogen and oxygen atoms in total. The summed E-state index contributed by atoms with van der Waals surface area (Å²) in [6.07, 6.45) is 8.62. The van der Waals surface area contributed by atoms with Gasteiger partial charge in [0, 0.05) is 45.1 Å². The summed E-state index contributed by atoms with van der Waals surface area (Å²) in [6.45, 7) is 8.30. The number of hydrogen-bond donors (Lipinski definition) is 2. The predicted octanol–water partition coefficient (Wildman–Crippen LogP) is 3.27. The summed E-state index contributed by atoms with van der Waals surface area (Å²) in [6, 6.07) is 9.11. The van der Waals surface area contributed by atoms with Gasteiger partial charge in [0.2, 0.25) is 0 Å². The lowest BCUT2D eigenvalue weighted by Crippen LogP contribution is -2.38. The quantitative estimate of drug-likeness (QED) is 0.418. The van der Waals surface area contributed by atoms with E-state index in [0.29, 0.717) is 0 Å². The second-order valence-corrected chi connectivity index (χ2v) is 7.54. The van der Waals surface area contributed by atoms with Crippen LogP contribution in [0.4, 0.5) is 5.69 Å². The molecule has 6 heteroatoms. The van der Waals surface area contributed by atoms with Gasteiger partial charge >= 0.3 is 0 Å². The van der Waals surface area contributed by atoms with Crippen LogP contribution < -0.4 is 15.5 Å². The van der Waals surface area contributed by atoms with Crippen LogP contribution in [0.1, 0.15) is 50.3 Å². The number of nitrogens with one attached hydrogen (secondary N) is 2. The zero-order valence-corrected chi connectivity index (χ0v) is 17.5. The molecule has 2 aromatic rings. The molecule has 152 valence electrons. The number of anilines is 1. The number of aliphatic imine (C=N–C) groups is 1. The smallest absolute Gasteiger partial charge is 0.191 e. The third kappa shape index (κ3) is 5.75. The molecule has 1 saturated heterocycles. The summed E-state index contributed by atoms with van der Waals surface area (Å²) >= 11 is 0. The summed E-state index contributed by atoms with van der Waals surface area (Å²) in [5, 5.41) is 11.1. The minimum atomic E-state index is 0.207. The second-order valence-electron chi connectivity index (χ2n) is 7.54. The Morgan fingerprint density at radius 1 is 1.29 bits per heavy atom. The molecular formula is C22H34N6. The molecule has 0 spiro atoms. The molecule has 1 aromatic carbocycles. The highest BCUT2D eigenvalue weighted by Gasteiger charge is 2.14. The number of hydrogen-bond acceptors (Lipinski definition) is 3. The predicted molar refractivity (Wildman–Crippen MR) is 117 cm³/mol. The lowest BCUT2D eigenvalue weighted by atomic mass is 10.1. The van der Waals surface area contributed by atoms with Crippen molar-refractivity contribution in [3.05, 3.63) is 47.8 Å². The molecule has 0 amide bonds. The largest absolute Gasteiger partial charge is 0.372 e. The maximum Gasteiger partial charge on any atom is 0.191 e. The Hall–Kier alpha value is -2.50. The van der Waals surface area contributed by atoms with Gasteiger partial charge in [0.15, 0.2) is 5.96 Å². The third-order valence-electron chi connectivity index (χ3n) is 5.19. The average molecular weight is 383 g/mol. The van der Waals surface area contributed by atoms with Crippen LogP contribution in [0.2, 0.25) is 0 Å². The highest BCUT2D eigenvalue weighted by atomic mass is 15.2. The van der Waals surface area contributed by atoms with Gasteiger partial charge in [-0.2, -0.15) is 5.10 Å². The summed E-state index contributed by atoms with van der Waals surface area (Å²) in [4.78, 5) is 7.24. The van der Waals surface area contributed by atoms with Gasteiger partial charge in [0.1, 0.15) is 0 Å². The number of benzene rings is 1. The molecule has 1 aromatic heterocycles. The summed E-state index contributed by atoms with van der Waals surface area (Å²) in [5.74, 6) is 0.882. The van der Waals surface area contributed by atoms with Crippen LogP contribution in [-0.4, -0.2) is 41.9 Å². The summed E-state index contributed by atoms with van der Waals surface area (Å²) in [5.41, 5.74) is 3.90. The van der Waals surface area contributed by atoms with Crippen molar-refractivity contribution in [1.29, 1.82) is 0 Å². The Bertz CT molecular complexity index is 760. The monoisotopic (exact) mass is 382 g/mol. The third-order valence-corrected chi connectivity index (χ3v) is 5.19. The van der Waals surface area contributed by atoms with Gasteiger partial charge in [-0.25, -0.2) is 0 Å². The van der Waals surface area contributed by atoms with E-state index in [1.165, 1.54) is 42.7 Å². The van der Waals surface area contributed by atoms with E-state index >= 15 is 0 Å². The van der Waals surface area contributed by atoms with Gasteiger partial charge in [-0.05, 0) is 62.8 Å². The molecule has 3 rings (SSSR count). The van der Waals surface area contributed by atoms with Crippen molar-refractivity contribution >= 4 is 11.6 Å². The molecule has 1 aliphatic rings. The van der Waals surface area contributed by atoms with E-state index in [0.717, 1.165) is 31.9 Å². The highest BCUT2D eigenvalue weighted by molar-refractivity contribution is 5.80. The molecule has 0 radical (unpaired) electrons. The Morgan fingerprint density at radius 3 is 2.82 bits per heavy atom. The first-order valence-corrected chi connectivity index (χ1v) is 10.5. The summed E-state index contributed by atoms with van der Waals surface area (Å²) in [7, 11) is 1.95. The SMILES string of the molecule is CCNC(=NCCCc1cnn(C)c1)NC(C)c1cccc(N2CCCC2)c1. The second kappa shape index (κ2) is 10.2. The average Bonchev–Trinajstić information content (AvgIpc) is 3.37. The maximum atomic E-state index is 4.76. The van der Waals surface area contributed by atoms with E-state index in [9.17, 15) is 0 Å². The van der Waals surface area contributed by atoms with Crippen LogP contribution in [0.3, 0.4) is 0 Å². The number of guanidine groups is 1. The minimum absolute atomic E-state index is 0.207. The molecule has 1 atom stereocenters. The van der Waals surface area contributed by atoms with Crippen molar-refractivity contribution in [3.63, 3.8) is 0 Å². The molecule has 0 saturated carbocycles. The maximum absolute atomic E-state index is 4.76. The number of aryl methyl sites for hydroxylation is 2. The van der Waals surface area contributed by atoms with E-state index < -0.39 is 0 Å². The fraction of sp³-hybridized carbons (Fsp3) is 0.545. The van der Waals surface area contributed by atoms with Gasteiger partial charge in [-0.1, -0.05) is 12.1 Å². The Balaban J connectivity index is 1.55. The van der Waals surface area contributed by atoms with Crippen molar-refractivity contribution in [1.82, 2.24) is 20.4 Å². The van der Waals surface area contributed by atoms with Gasteiger partial charge in [0.25, 0.3) is 0 Å². The lowest BCUT2D eigenvalue weighted by Gasteiger charge is -2.22. The zero-order chi connectivity index (χ0) is 19.8. The van der Waals surface area contributed by atoms with Crippen LogP contribution in [0, 0.1) is 0 Å². The molecule has 2 heterocycles. The molecule has 28 heavy (non-hydrogen) atoms. The standard InChI is InChI=1S/C22H34N6/c1-4-23-22(24-12-8-9-19-16-25-27(3)17-19)26-18(2)20-10-7-11-21(15-20)28-13-5-6-14-28/h7,10-11,15-18H,4-6,8-9,12-14H2,1-3H3,(H2,23,24,26). The zero-order valence-electron chi connectivity index (χ0n) is 17.5. The molecule has 1 fully saturated rings. The van der Waals surface area contributed by atoms with E-state index in [1.54, 1.807) is 0 Å². The van der Waals surface area contributed by atoms with Gasteiger partial charge in [0.05, 0.1) is 12.2 Å². The van der Waals surface area contributed by atoms with Crippen molar-refractivity contribution in [2.24, 2.45) is 12.0 Å². The van der Waals surface area contributed by atoms with Crippen molar-refractivity contribution < 1.29 is 0 Å². The summed E-state index contributed by atoms with van der Waals surface area (Å²) < 4.78 is 1.85. The van der Waals surface area contributed by atoms with Crippen molar-refractivity contribution in [2.45, 2.75) is 45.6 Å². The van der Waals surface area contributed by atoms with E-state index in [1.807, 2.05) is 17.9 Å². The molecule has 1 aliphatic heterocycles. The van der Waals surface area contributed by atoms with Crippen LogP contribution in [0.5, 0.6) is 0 Å². The highest BCUT2D eigenvalue weighted by Crippen LogP contribution is 2.23. The van der Waals surface area contributed by atoms with Crippen LogP contribution >= 0.6 is 0 Å². The first kappa shape index (κ1) is 20.2. The molecule has 1 unspecified atom stereocenters. The van der Waals surface area contributed by atoms with Crippen molar-refractivity contribution in [3.8, 4) is 0 Å². The number of aromatic nitrogens is 2. The Kier molecular flexibility index (Phi) is 7.34. The lowest BCUT2D eigenvalue weighted by molar-refractivity contribution is 0.683. The molecule has 2 N–H and O–H groups in total. The van der Waals surface area contributed by atoms with Crippen molar-refractivity contribution in [2.75, 3.05) is 31.1 Å². The molecular weight excluding hydrogens is 348 g/mol. The topological polar surface area (TPSA) is 57.5 Å². The van der Waals surface area contributed by atoms with Gasteiger partial charge in [-0.3, -0.25) is 9.67 Å². The van der Waals surface area contributed by atoms with E-state index in [4.69, 9.17) is 4.99 Å². The van der Waals surface area contributed by atoms with Gasteiger partial charge < -0.3 is 15.5 Å². The first-order valence-electron chi connectivity index (χ1n) is 10.5. The normalized spacial score (nSPS) is 15.7. The Labute approximate surface area is 169 Å². The van der Waals surface area contributed by atoms with Crippen LogP contribution in [0.15, 0.2) is 41.7 Å². The minimum Gasteiger partial charge on any atom is -0.372 e. The molecule has 0 aliphatic carbocycles. The van der Waals surface area contributed by atoms with Crippen LogP contribution in [-0.2, 0) is 13.5 Å². The first-order chi connectivity index (χ1) is 13.7. The fourth-order valence-electron chi connectivity index (χ4n) is 3.65. The number of nitrogens with zero attached hydrogens (tertiary/aromatic N) is 4. The van der Waals surface area contributed by atoms with E-state index in [2.05, 4.69) is 64.9 Å².